The summed E-state index contributed by atoms with van der Waals surface area (Å²) in [6, 6.07) is 0. The molecule has 0 radical (unpaired) electrons. The number of ether oxygens (including phenoxy) is 3. The van der Waals surface area contributed by atoms with E-state index < -0.39 is 6.10 Å². The van der Waals surface area contributed by atoms with Crippen LogP contribution in [0.4, 0.5) is 0 Å². The third-order valence-corrected chi connectivity index (χ3v) is 15.0. The van der Waals surface area contributed by atoms with E-state index in [1.807, 2.05) is 0 Å². The summed E-state index contributed by atoms with van der Waals surface area (Å²) < 4.78 is 17.0. The van der Waals surface area contributed by atoms with Gasteiger partial charge in [-0.1, -0.05) is 323 Å². The topological polar surface area (TPSA) is 78.9 Å². The summed E-state index contributed by atoms with van der Waals surface area (Å²) in [6.45, 7) is 6.50. The van der Waals surface area contributed by atoms with Gasteiger partial charge in [0.05, 0.1) is 0 Å². The molecule has 0 rings (SSSR count). The molecule has 0 bridgehead atoms. The van der Waals surface area contributed by atoms with Crippen LogP contribution in [0.3, 0.4) is 0 Å². The molecule has 0 aliphatic carbocycles. The highest BCUT2D eigenvalue weighted by Gasteiger charge is 2.19. The van der Waals surface area contributed by atoms with E-state index in [1.165, 1.54) is 148 Å². The summed E-state index contributed by atoms with van der Waals surface area (Å²) in [5.41, 5.74) is 0. The first-order valence-corrected chi connectivity index (χ1v) is 34.9. The van der Waals surface area contributed by atoms with Gasteiger partial charge in [0.15, 0.2) is 6.10 Å². The summed E-state index contributed by atoms with van der Waals surface area (Å²) in [5.74, 6) is -0.908. The zero-order valence-electron chi connectivity index (χ0n) is 54.0. The summed E-state index contributed by atoms with van der Waals surface area (Å²) >= 11 is 0. The minimum Gasteiger partial charge on any atom is -0.462 e. The minimum absolute atomic E-state index is 0.0901. The zero-order chi connectivity index (χ0) is 59.2. The van der Waals surface area contributed by atoms with E-state index in [4.69, 9.17) is 14.2 Å². The molecular formula is C76H130O6. The van der Waals surface area contributed by atoms with Crippen molar-refractivity contribution in [3.8, 4) is 0 Å². The van der Waals surface area contributed by atoms with E-state index in [9.17, 15) is 14.4 Å². The summed E-state index contributed by atoms with van der Waals surface area (Å²) in [5, 5.41) is 0. The van der Waals surface area contributed by atoms with Gasteiger partial charge in [-0.2, -0.15) is 0 Å². The SMILES string of the molecule is CC/C=C\C/C=C\C/C=C\C/C=C\C/C=C\C/C=C\C/C=C\CCCCCCCC(=O)OCC(COC(=O)CCCCCCC/C=C\C/C=C\CCCC)OC(=O)CCCCCCCCCCCCCCCCCCCCCCCCC. The van der Waals surface area contributed by atoms with Crippen molar-refractivity contribution in [1.29, 1.82) is 0 Å². The van der Waals surface area contributed by atoms with E-state index in [-0.39, 0.29) is 31.1 Å². The zero-order valence-corrected chi connectivity index (χ0v) is 54.0. The van der Waals surface area contributed by atoms with Crippen molar-refractivity contribution in [3.05, 3.63) is 109 Å². The molecule has 0 aliphatic rings. The molecule has 0 N–H and O–H groups in total. The molecule has 0 heterocycles. The van der Waals surface area contributed by atoms with Crippen molar-refractivity contribution in [2.75, 3.05) is 13.2 Å². The Bertz CT molecular complexity index is 1640. The Morgan fingerprint density at radius 3 is 0.780 bits per heavy atom. The predicted molar refractivity (Wildman–Crippen MR) is 357 cm³/mol. The highest BCUT2D eigenvalue weighted by atomic mass is 16.6. The molecule has 0 saturated heterocycles. The second kappa shape index (κ2) is 69.6. The van der Waals surface area contributed by atoms with Crippen molar-refractivity contribution in [2.45, 2.75) is 341 Å². The second-order valence-electron chi connectivity index (χ2n) is 23.1. The van der Waals surface area contributed by atoms with Gasteiger partial charge in [0, 0.05) is 19.3 Å². The maximum absolute atomic E-state index is 13.0. The smallest absolute Gasteiger partial charge is 0.306 e. The third-order valence-electron chi connectivity index (χ3n) is 15.0. The average molecular weight is 1140 g/mol. The first-order chi connectivity index (χ1) is 40.5. The van der Waals surface area contributed by atoms with E-state index in [2.05, 4.69) is 130 Å². The standard InChI is InChI=1S/C76H130O6/c1-4-7-10-13-16-19-22-25-28-30-32-34-36-37-38-39-41-42-44-46-48-51-54-57-60-63-66-69-75(78)81-72-73(71-80-74(77)68-65-62-59-56-53-50-27-24-21-18-15-12-9-6-3)82-76(79)70-67-64-61-58-55-52-49-47-45-43-40-35-33-31-29-26-23-20-17-14-11-8-5-2/h7,10,15-16,18-19,24-25,27-28,32,34,37-38,41-42,46,48,73H,4-6,8-9,11-14,17,20-23,26,29-31,33,35-36,39-40,43-45,47,49-72H2,1-3H3/b10-7-,18-15-,19-16-,27-24-,28-25-,34-32-,38-37-,42-41-,48-46-. The van der Waals surface area contributed by atoms with Gasteiger partial charge in [-0.05, 0) is 103 Å². The van der Waals surface area contributed by atoms with E-state index in [1.54, 1.807) is 0 Å². The Morgan fingerprint density at radius 1 is 0.256 bits per heavy atom. The van der Waals surface area contributed by atoms with Gasteiger partial charge in [-0.15, -0.1) is 0 Å². The monoisotopic (exact) mass is 1140 g/mol. The van der Waals surface area contributed by atoms with Crippen LogP contribution < -0.4 is 0 Å². The fourth-order valence-corrected chi connectivity index (χ4v) is 9.79. The van der Waals surface area contributed by atoms with Crippen molar-refractivity contribution < 1.29 is 28.6 Å². The Balaban J connectivity index is 4.36. The highest BCUT2D eigenvalue weighted by Crippen LogP contribution is 2.17. The molecular weight excluding hydrogens is 1010 g/mol. The van der Waals surface area contributed by atoms with Crippen molar-refractivity contribution >= 4 is 17.9 Å². The highest BCUT2D eigenvalue weighted by molar-refractivity contribution is 5.71. The maximum Gasteiger partial charge on any atom is 0.306 e. The van der Waals surface area contributed by atoms with Gasteiger partial charge in [0.25, 0.3) is 0 Å². The number of hydrogen-bond donors (Lipinski definition) is 0. The van der Waals surface area contributed by atoms with Crippen LogP contribution in [0.25, 0.3) is 0 Å². The lowest BCUT2D eigenvalue weighted by Gasteiger charge is -2.18. The molecule has 6 heteroatoms. The number of esters is 3. The Kier molecular flexibility index (Phi) is 66.2. The predicted octanol–water partition coefficient (Wildman–Crippen LogP) is 24.2. The minimum atomic E-state index is -0.794. The molecule has 82 heavy (non-hydrogen) atoms. The molecule has 0 aromatic heterocycles. The molecule has 0 aromatic rings. The van der Waals surface area contributed by atoms with E-state index in [0.717, 1.165) is 148 Å². The van der Waals surface area contributed by atoms with Crippen LogP contribution in [0.2, 0.25) is 0 Å². The van der Waals surface area contributed by atoms with Crippen LogP contribution in [0.5, 0.6) is 0 Å². The van der Waals surface area contributed by atoms with Gasteiger partial charge < -0.3 is 14.2 Å². The van der Waals surface area contributed by atoms with Gasteiger partial charge in [0.2, 0.25) is 0 Å². The molecule has 0 fully saturated rings. The second-order valence-corrected chi connectivity index (χ2v) is 23.1. The number of rotatable bonds is 63. The fraction of sp³-hybridized carbons (Fsp3) is 0.724. The lowest BCUT2D eigenvalue weighted by atomic mass is 10.0. The van der Waals surface area contributed by atoms with Crippen LogP contribution in [0.15, 0.2) is 109 Å². The van der Waals surface area contributed by atoms with Crippen molar-refractivity contribution in [3.63, 3.8) is 0 Å². The fourth-order valence-electron chi connectivity index (χ4n) is 9.79. The van der Waals surface area contributed by atoms with E-state index >= 15 is 0 Å². The Morgan fingerprint density at radius 2 is 0.488 bits per heavy atom. The quantitative estimate of drug-likeness (QED) is 0.0261. The van der Waals surface area contributed by atoms with Gasteiger partial charge in [0.1, 0.15) is 13.2 Å². The van der Waals surface area contributed by atoms with Crippen LogP contribution >= 0.6 is 0 Å². The van der Waals surface area contributed by atoms with Crippen LogP contribution in [0, 0.1) is 0 Å². The largest absolute Gasteiger partial charge is 0.462 e. The van der Waals surface area contributed by atoms with Crippen molar-refractivity contribution in [2.24, 2.45) is 0 Å². The molecule has 1 atom stereocenters. The number of hydrogen-bond acceptors (Lipinski definition) is 6. The van der Waals surface area contributed by atoms with Crippen LogP contribution in [-0.2, 0) is 28.6 Å². The third kappa shape index (κ3) is 66.9. The molecule has 0 spiro atoms. The van der Waals surface area contributed by atoms with Crippen molar-refractivity contribution in [1.82, 2.24) is 0 Å². The van der Waals surface area contributed by atoms with E-state index in [0.29, 0.717) is 19.3 Å². The first-order valence-electron chi connectivity index (χ1n) is 34.9. The van der Waals surface area contributed by atoms with Gasteiger partial charge >= 0.3 is 17.9 Å². The molecule has 0 amide bonds. The molecule has 470 valence electrons. The van der Waals surface area contributed by atoms with Gasteiger partial charge in [-0.25, -0.2) is 0 Å². The summed E-state index contributed by atoms with van der Waals surface area (Å²) in [6.07, 6.45) is 95.4. The van der Waals surface area contributed by atoms with Crippen LogP contribution in [0.1, 0.15) is 335 Å². The Hall–Kier alpha value is -3.93. The lowest BCUT2D eigenvalue weighted by molar-refractivity contribution is -0.167. The summed E-state index contributed by atoms with van der Waals surface area (Å²) in [7, 11) is 0. The lowest BCUT2D eigenvalue weighted by Crippen LogP contribution is -2.30. The molecule has 0 aromatic carbocycles. The average Bonchev–Trinajstić information content (AvgIpc) is 3.48. The van der Waals surface area contributed by atoms with Crippen LogP contribution in [-0.4, -0.2) is 37.2 Å². The number of allylic oxidation sites excluding steroid dienone is 18. The summed E-state index contributed by atoms with van der Waals surface area (Å²) in [4.78, 5) is 38.4. The normalized spacial score (nSPS) is 12.8. The molecule has 0 aliphatic heterocycles. The molecule has 6 nitrogen and oxygen atoms in total. The number of carbonyl (C=O) groups excluding carboxylic acids is 3. The number of carbonyl (C=O) groups is 3. The number of unbranched alkanes of at least 4 members (excludes halogenated alkanes) is 34. The molecule has 0 saturated carbocycles. The molecule has 1 unspecified atom stereocenters. The maximum atomic E-state index is 13.0. The van der Waals surface area contributed by atoms with Gasteiger partial charge in [-0.3, -0.25) is 14.4 Å². The first kappa shape index (κ1) is 78.1. The Labute approximate surface area is 508 Å².